The van der Waals surface area contributed by atoms with E-state index in [1.165, 1.54) is 42.3 Å². The van der Waals surface area contributed by atoms with Gasteiger partial charge in [0.05, 0.1) is 12.6 Å². The van der Waals surface area contributed by atoms with Crippen LogP contribution in [0.15, 0.2) is 48.5 Å². The second-order valence-corrected chi connectivity index (χ2v) is 5.70. The maximum atomic E-state index is 13.8. The topological polar surface area (TPSA) is 41.6 Å². The molecule has 1 N–H and O–H groups in total. The van der Waals surface area contributed by atoms with Gasteiger partial charge >= 0.3 is 12.4 Å². The van der Waals surface area contributed by atoms with Gasteiger partial charge < -0.3 is 15.0 Å². The van der Waals surface area contributed by atoms with Crippen LogP contribution in [0.25, 0.3) is 0 Å². The van der Waals surface area contributed by atoms with Crippen molar-refractivity contribution in [2.45, 2.75) is 25.9 Å². The number of hydrogen-bond acceptors (Lipinski definition) is 2. The van der Waals surface area contributed by atoms with E-state index in [0.717, 1.165) is 0 Å². The summed E-state index contributed by atoms with van der Waals surface area (Å²) in [5.74, 6) is -0.825. The molecule has 0 aliphatic carbocycles. The standard InChI is InChI=1S/C18H18F4N2O2/c1-12(14-8-4-5-9-15(14)19)23-17(25)24(2)11-13-7-3-6-10-16(13)26-18(20,21)22/h3-10,12H,11H2,1-2H3,(H,23,25)/t12-/m1/s1. The Balaban J connectivity index is 2.05. The van der Waals surface area contributed by atoms with Crippen molar-refractivity contribution in [3.8, 4) is 5.75 Å². The first-order valence-corrected chi connectivity index (χ1v) is 7.77. The molecule has 2 amide bonds. The van der Waals surface area contributed by atoms with Crippen molar-refractivity contribution in [2.24, 2.45) is 0 Å². The van der Waals surface area contributed by atoms with Crippen LogP contribution in [0.2, 0.25) is 0 Å². The molecule has 8 heteroatoms. The van der Waals surface area contributed by atoms with Crippen molar-refractivity contribution in [1.82, 2.24) is 10.2 Å². The van der Waals surface area contributed by atoms with Gasteiger partial charge in [-0.15, -0.1) is 13.2 Å². The summed E-state index contributed by atoms with van der Waals surface area (Å²) in [6.07, 6.45) is -4.82. The number of halogens is 4. The fourth-order valence-electron chi connectivity index (χ4n) is 2.39. The number of amides is 2. The summed E-state index contributed by atoms with van der Waals surface area (Å²) < 4.78 is 55.1. The molecule has 26 heavy (non-hydrogen) atoms. The molecule has 2 aromatic carbocycles. The van der Waals surface area contributed by atoms with Gasteiger partial charge in [0, 0.05) is 18.2 Å². The molecule has 0 saturated heterocycles. The molecule has 2 rings (SSSR count). The molecule has 4 nitrogen and oxygen atoms in total. The highest BCUT2D eigenvalue weighted by atomic mass is 19.4. The summed E-state index contributed by atoms with van der Waals surface area (Å²) in [4.78, 5) is 13.5. The highest BCUT2D eigenvalue weighted by Gasteiger charge is 2.32. The highest BCUT2D eigenvalue weighted by molar-refractivity contribution is 5.74. The molecule has 0 spiro atoms. The molecule has 0 fully saturated rings. The third kappa shape index (κ3) is 5.37. The number of para-hydroxylation sites is 1. The summed E-state index contributed by atoms with van der Waals surface area (Å²) in [5.41, 5.74) is 0.510. The van der Waals surface area contributed by atoms with Crippen LogP contribution in [-0.4, -0.2) is 24.3 Å². The lowest BCUT2D eigenvalue weighted by Gasteiger charge is -2.23. The molecule has 0 saturated carbocycles. The van der Waals surface area contributed by atoms with Crippen molar-refractivity contribution in [2.75, 3.05) is 7.05 Å². The van der Waals surface area contributed by atoms with E-state index in [1.807, 2.05) is 0 Å². The van der Waals surface area contributed by atoms with E-state index in [-0.39, 0.29) is 17.9 Å². The normalized spacial score (nSPS) is 12.4. The van der Waals surface area contributed by atoms with Gasteiger partial charge in [0.25, 0.3) is 0 Å². The lowest BCUT2D eigenvalue weighted by atomic mass is 10.1. The minimum absolute atomic E-state index is 0.109. The fourth-order valence-corrected chi connectivity index (χ4v) is 2.39. The number of carbonyl (C=O) groups is 1. The minimum atomic E-state index is -4.82. The zero-order valence-electron chi connectivity index (χ0n) is 14.2. The van der Waals surface area contributed by atoms with E-state index < -0.39 is 24.3 Å². The van der Waals surface area contributed by atoms with Crippen LogP contribution in [0.4, 0.5) is 22.4 Å². The van der Waals surface area contributed by atoms with Crippen LogP contribution >= 0.6 is 0 Å². The SMILES string of the molecule is C[C@@H](NC(=O)N(C)Cc1ccccc1OC(F)(F)F)c1ccccc1F. The zero-order chi connectivity index (χ0) is 19.3. The number of benzene rings is 2. The number of carbonyl (C=O) groups excluding carboxylic acids is 1. The van der Waals surface area contributed by atoms with Crippen molar-refractivity contribution in [3.63, 3.8) is 0 Å². The van der Waals surface area contributed by atoms with Gasteiger partial charge in [0.1, 0.15) is 11.6 Å². The van der Waals surface area contributed by atoms with E-state index in [2.05, 4.69) is 10.1 Å². The van der Waals surface area contributed by atoms with Crippen LogP contribution in [0.5, 0.6) is 5.75 Å². The Morgan fingerprint density at radius 3 is 2.42 bits per heavy atom. The molecule has 0 heterocycles. The zero-order valence-corrected chi connectivity index (χ0v) is 14.2. The van der Waals surface area contributed by atoms with Gasteiger partial charge in [-0.25, -0.2) is 9.18 Å². The molecule has 140 valence electrons. The Bertz CT molecular complexity index is 765. The van der Waals surface area contributed by atoms with Gasteiger partial charge in [-0.1, -0.05) is 36.4 Å². The molecule has 0 radical (unpaired) electrons. The minimum Gasteiger partial charge on any atom is -0.405 e. The number of nitrogens with zero attached hydrogens (tertiary/aromatic N) is 1. The van der Waals surface area contributed by atoms with E-state index in [9.17, 15) is 22.4 Å². The highest BCUT2D eigenvalue weighted by Crippen LogP contribution is 2.27. The molecular weight excluding hydrogens is 352 g/mol. The Morgan fingerprint density at radius 2 is 1.77 bits per heavy atom. The largest absolute Gasteiger partial charge is 0.573 e. The van der Waals surface area contributed by atoms with Crippen LogP contribution < -0.4 is 10.1 Å². The van der Waals surface area contributed by atoms with Crippen molar-refractivity contribution < 1.29 is 27.1 Å². The summed E-state index contributed by atoms with van der Waals surface area (Å²) in [5, 5.41) is 2.61. The molecule has 0 unspecified atom stereocenters. The first kappa shape index (κ1) is 19.6. The quantitative estimate of drug-likeness (QED) is 0.780. The second-order valence-electron chi connectivity index (χ2n) is 5.70. The summed E-state index contributed by atoms with van der Waals surface area (Å²) in [7, 11) is 1.42. The smallest absolute Gasteiger partial charge is 0.405 e. The average Bonchev–Trinajstić information content (AvgIpc) is 2.55. The van der Waals surface area contributed by atoms with Gasteiger partial charge in [-0.3, -0.25) is 0 Å². The Labute approximate surface area is 148 Å². The third-order valence-electron chi connectivity index (χ3n) is 3.66. The van der Waals surface area contributed by atoms with Gasteiger partial charge in [-0.2, -0.15) is 0 Å². The summed E-state index contributed by atoms with van der Waals surface area (Å²) >= 11 is 0. The number of alkyl halides is 3. The van der Waals surface area contributed by atoms with E-state index in [0.29, 0.717) is 5.56 Å². The van der Waals surface area contributed by atoms with Gasteiger partial charge in [0.2, 0.25) is 0 Å². The number of hydrogen-bond donors (Lipinski definition) is 1. The molecule has 0 aliphatic heterocycles. The van der Waals surface area contributed by atoms with Crippen molar-refractivity contribution in [1.29, 1.82) is 0 Å². The number of ether oxygens (including phenoxy) is 1. The lowest BCUT2D eigenvalue weighted by Crippen LogP contribution is -2.38. The fraction of sp³-hybridized carbons (Fsp3) is 0.278. The van der Waals surface area contributed by atoms with Crippen LogP contribution in [0.3, 0.4) is 0 Å². The van der Waals surface area contributed by atoms with Crippen molar-refractivity contribution in [3.05, 3.63) is 65.5 Å². The second kappa shape index (κ2) is 8.07. The Morgan fingerprint density at radius 1 is 1.15 bits per heavy atom. The predicted octanol–water partition coefficient (Wildman–Crippen LogP) is 4.63. The Kier molecular flexibility index (Phi) is 6.07. The molecular formula is C18H18F4N2O2. The Hall–Kier alpha value is -2.77. The van der Waals surface area contributed by atoms with Crippen LogP contribution in [-0.2, 0) is 6.54 Å². The van der Waals surface area contributed by atoms with Crippen molar-refractivity contribution >= 4 is 6.03 Å². The first-order chi connectivity index (χ1) is 12.2. The lowest BCUT2D eigenvalue weighted by molar-refractivity contribution is -0.275. The molecule has 2 aromatic rings. The van der Waals surface area contributed by atoms with E-state index in [4.69, 9.17) is 0 Å². The number of rotatable bonds is 5. The molecule has 1 atom stereocenters. The summed E-state index contributed by atoms with van der Waals surface area (Å²) in [6.45, 7) is 1.51. The predicted molar refractivity (Wildman–Crippen MR) is 87.9 cm³/mol. The maximum absolute atomic E-state index is 13.8. The molecule has 0 bridgehead atoms. The van der Waals surface area contributed by atoms with Crippen LogP contribution in [0, 0.1) is 5.82 Å². The van der Waals surface area contributed by atoms with E-state index in [1.54, 1.807) is 25.1 Å². The third-order valence-corrected chi connectivity index (χ3v) is 3.66. The van der Waals surface area contributed by atoms with Gasteiger partial charge in [0.15, 0.2) is 0 Å². The monoisotopic (exact) mass is 370 g/mol. The summed E-state index contributed by atoms with van der Waals surface area (Å²) in [6, 6.07) is 10.4. The molecule has 0 aliphatic rings. The molecule has 0 aromatic heterocycles. The number of urea groups is 1. The van der Waals surface area contributed by atoms with E-state index >= 15 is 0 Å². The maximum Gasteiger partial charge on any atom is 0.573 e. The van der Waals surface area contributed by atoms with Gasteiger partial charge in [-0.05, 0) is 19.1 Å². The number of nitrogens with one attached hydrogen (secondary N) is 1. The average molecular weight is 370 g/mol. The van der Waals surface area contributed by atoms with Crippen LogP contribution in [0.1, 0.15) is 24.1 Å². The first-order valence-electron chi connectivity index (χ1n) is 7.77.